The van der Waals surface area contributed by atoms with Crippen molar-refractivity contribution in [2.75, 3.05) is 6.54 Å². The molecule has 0 aliphatic rings. The van der Waals surface area contributed by atoms with Crippen molar-refractivity contribution in [3.05, 3.63) is 64.9 Å². The molecule has 1 heterocycles. The number of nitrogens with zero attached hydrogens (tertiary/aromatic N) is 2. The van der Waals surface area contributed by atoms with Crippen molar-refractivity contribution < 1.29 is 4.79 Å². The number of carbonyl (C=O) groups is 1. The first kappa shape index (κ1) is 19.0. The number of aryl methyl sites for hydroxylation is 1. The van der Waals surface area contributed by atoms with Crippen LogP contribution in [-0.4, -0.2) is 22.0 Å². The minimum Gasteiger partial charge on any atom is -0.352 e. The zero-order valence-electron chi connectivity index (χ0n) is 15.1. The molecule has 2 aromatic carbocycles. The molecule has 1 N–H and O–H groups in total. The number of rotatable bonds is 8. The SMILES string of the molecule is C#CCn1c(CCCCCNC(=O)c2ccccc2Cl)nc2ccccc21. The summed E-state index contributed by atoms with van der Waals surface area (Å²) in [4.78, 5) is 16.8. The van der Waals surface area contributed by atoms with Crippen molar-refractivity contribution in [1.82, 2.24) is 14.9 Å². The smallest absolute Gasteiger partial charge is 0.252 e. The molecule has 0 atom stereocenters. The Morgan fingerprint density at radius 1 is 1.11 bits per heavy atom. The minimum absolute atomic E-state index is 0.128. The number of terminal acetylenes is 1. The summed E-state index contributed by atoms with van der Waals surface area (Å²) >= 11 is 6.04. The molecule has 5 heteroatoms. The van der Waals surface area contributed by atoms with E-state index >= 15 is 0 Å². The normalized spacial score (nSPS) is 10.7. The highest BCUT2D eigenvalue weighted by molar-refractivity contribution is 6.33. The first-order valence-electron chi connectivity index (χ1n) is 9.11. The Labute approximate surface area is 164 Å². The van der Waals surface area contributed by atoms with Crippen LogP contribution in [0.1, 0.15) is 35.4 Å². The summed E-state index contributed by atoms with van der Waals surface area (Å²) in [6.45, 7) is 1.16. The van der Waals surface area contributed by atoms with Gasteiger partial charge in [-0.3, -0.25) is 4.79 Å². The zero-order valence-corrected chi connectivity index (χ0v) is 15.9. The van der Waals surface area contributed by atoms with Gasteiger partial charge in [-0.15, -0.1) is 6.42 Å². The van der Waals surface area contributed by atoms with Gasteiger partial charge in [0, 0.05) is 13.0 Å². The Hall–Kier alpha value is -2.77. The Bertz CT molecular complexity index is 971. The van der Waals surface area contributed by atoms with E-state index in [4.69, 9.17) is 23.0 Å². The third kappa shape index (κ3) is 4.69. The summed E-state index contributed by atoms with van der Waals surface area (Å²) in [5.74, 6) is 3.60. The summed E-state index contributed by atoms with van der Waals surface area (Å²) in [6, 6.07) is 15.1. The average molecular weight is 380 g/mol. The molecule has 0 saturated heterocycles. The number of halogens is 1. The molecule has 0 aliphatic heterocycles. The van der Waals surface area contributed by atoms with Crippen LogP contribution in [0.4, 0.5) is 0 Å². The molecular weight excluding hydrogens is 358 g/mol. The van der Waals surface area contributed by atoms with Gasteiger partial charge >= 0.3 is 0 Å². The summed E-state index contributed by atoms with van der Waals surface area (Å²) in [7, 11) is 0. The number of carbonyl (C=O) groups excluding carboxylic acids is 1. The topological polar surface area (TPSA) is 46.9 Å². The molecule has 0 radical (unpaired) electrons. The lowest BCUT2D eigenvalue weighted by molar-refractivity contribution is 0.0953. The molecule has 3 rings (SSSR count). The van der Waals surface area contributed by atoms with Crippen LogP contribution in [0.15, 0.2) is 48.5 Å². The number of para-hydroxylation sites is 2. The Kier molecular flexibility index (Phi) is 6.51. The number of amides is 1. The number of benzene rings is 2. The van der Waals surface area contributed by atoms with Gasteiger partial charge in [0.1, 0.15) is 5.82 Å². The molecule has 0 bridgehead atoms. The second-order valence-electron chi connectivity index (χ2n) is 6.35. The Morgan fingerprint density at radius 3 is 2.70 bits per heavy atom. The number of imidazole rings is 1. The zero-order chi connectivity index (χ0) is 19.1. The van der Waals surface area contributed by atoms with Gasteiger partial charge in [-0.05, 0) is 37.1 Å². The van der Waals surface area contributed by atoms with E-state index in [0.29, 0.717) is 23.7 Å². The highest BCUT2D eigenvalue weighted by Gasteiger charge is 2.10. The van der Waals surface area contributed by atoms with Gasteiger partial charge in [0.05, 0.1) is 28.2 Å². The van der Waals surface area contributed by atoms with Gasteiger partial charge in [-0.25, -0.2) is 4.98 Å². The predicted octanol–water partition coefficient (Wildman–Crippen LogP) is 4.47. The Morgan fingerprint density at radius 2 is 1.89 bits per heavy atom. The quantitative estimate of drug-likeness (QED) is 0.463. The highest BCUT2D eigenvalue weighted by atomic mass is 35.5. The molecule has 0 unspecified atom stereocenters. The van der Waals surface area contributed by atoms with Crippen molar-refractivity contribution in [2.45, 2.75) is 32.2 Å². The highest BCUT2D eigenvalue weighted by Crippen LogP contribution is 2.18. The van der Waals surface area contributed by atoms with Gasteiger partial charge in [-0.2, -0.15) is 0 Å². The van der Waals surface area contributed by atoms with Crippen LogP contribution in [0.2, 0.25) is 5.02 Å². The van der Waals surface area contributed by atoms with Crippen LogP contribution in [0, 0.1) is 12.3 Å². The third-order valence-corrected chi connectivity index (χ3v) is 4.79. The fourth-order valence-electron chi connectivity index (χ4n) is 3.11. The molecule has 1 aromatic heterocycles. The lowest BCUT2D eigenvalue weighted by Crippen LogP contribution is -2.24. The van der Waals surface area contributed by atoms with Crippen molar-refractivity contribution in [2.24, 2.45) is 0 Å². The molecule has 27 heavy (non-hydrogen) atoms. The van der Waals surface area contributed by atoms with E-state index in [9.17, 15) is 4.79 Å². The standard InChI is InChI=1S/C22H22ClN3O/c1-2-16-26-20-13-8-7-12-19(20)25-21(26)14-4-3-9-15-24-22(27)17-10-5-6-11-18(17)23/h1,5-8,10-13H,3-4,9,14-16H2,(H,24,27). The van der Waals surface area contributed by atoms with Crippen molar-refractivity contribution in [3.8, 4) is 12.3 Å². The monoisotopic (exact) mass is 379 g/mol. The van der Waals surface area contributed by atoms with Gasteiger partial charge in [0.25, 0.3) is 5.91 Å². The molecule has 0 aliphatic carbocycles. The van der Waals surface area contributed by atoms with Crippen LogP contribution in [0.5, 0.6) is 0 Å². The maximum absolute atomic E-state index is 12.1. The number of hydrogen-bond acceptors (Lipinski definition) is 2. The number of nitrogens with one attached hydrogen (secondary N) is 1. The number of fused-ring (bicyclic) bond motifs is 1. The van der Waals surface area contributed by atoms with Crippen LogP contribution in [0.25, 0.3) is 11.0 Å². The second-order valence-corrected chi connectivity index (χ2v) is 6.76. The van der Waals surface area contributed by atoms with Gasteiger partial charge < -0.3 is 9.88 Å². The minimum atomic E-state index is -0.128. The fourth-order valence-corrected chi connectivity index (χ4v) is 3.33. The van der Waals surface area contributed by atoms with E-state index in [1.165, 1.54) is 0 Å². The Balaban J connectivity index is 1.46. The van der Waals surface area contributed by atoms with Crippen molar-refractivity contribution in [1.29, 1.82) is 0 Å². The molecule has 3 aromatic rings. The maximum Gasteiger partial charge on any atom is 0.252 e. The molecule has 138 valence electrons. The van der Waals surface area contributed by atoms with Gasteiger partial charge in [0.15, 0.2) is 0 Å². The van der Waals surface area contributed by atoms with Gasteiger partial charge in [-0.1, -0.05) is 48.2 Å². The van der Waals surface area contributed by atoms with E-state index in [1.54, 1.807) is 12.1 Å². The van der Waals surface area contributed by atoms with E-state index in [0.717, 1.165) is 42.5 Å². The van der Waals surface area contributed by atoms with Crippen LogP contribution < -0.4 is 5.32 Å². The van der Waals surface area contributed by atoms with Gasteiger partial charge in [0.2, 0.25) is 0 Å². The summed E-state index contributed by atoms with van der Waals surface area (Å²) in [5, 5.41) is 3.40. The largest absolute Gasteiger partial charge is 0.352 e. The summed E-state index contributed by atoms with van der Waals surface area (Å²) in [6.07, 6.45) is 9.29. The molecule has 0 saturated carbocycles. The fraction of sp³-hybridized carbons (Fsp3) is 0.273. The molecule has 1 amide bonds. The van der Waals surface area contributed by atoms with Crippen molar-refractivity contribution in [3.63, 3.8) is 0 Å². The van der Waals surface area contributed by atoms with Crippen LogP contribution in [0.3, 0.4) is 0 Å². The second kappa shape index (κ2) is 9.25. The van der Waals surface area contributed by atoms with E-state index in [-0.39, 0.29) is 5.91 Å². The first-order chi connectivity index (χ1) is 13.2. The molecule has 0 spiro atoms. The summed E-state index contributed by atoms with van der Waals surface area (Å²) in [5.41, 5.74) is 2.58. The number of unbranched alkanes of at least 4 members (excludes halogenated alkanes) is 2. The first-order valence-corrected chi connectivity index (χ1v) is 9.49. The molecule has 0 fully saturated rings. The lowest BCUT2D eigenvalue weighted by Gasteiger charge is -2.07. The third-order valence-electron chi connectivity index (χ3n) is 4.46. The van der Waals surface area contributed by atoms with Crippen molar-refractivity contribution >= 4 is 28.5 Å². The number of aromatic nitrogens is 2. The van der Waals surface area contributed by atoms with E-state index in [2.05, 4.69) is 15.8 Å². The lowest BCUT2D eigenvalue weighted by atomic mass is 10.1. The average Bonchev–Trinajstić information content (AvgIpc) is 3.03. The van der Waals surface area contributed by atoms with Crippen LogP contribution in [-0.2, 0) is 13.0 Å². The molecular formula is C22H22ClN3O. The maximum atomic E-state index is 12.1. The summed E-state index contributed by atoms with van der Waals surface area (Å²) < 4.78 is 2.11. The number of hydrogen-bond donors (Lipinski definition) is 1. The predicted molar refractivity (Wildman–Crippen MR) is 110 cm³/mol. The van der Waals surface area contributed by atoms with Crippen LogP contribution >= 0.6 is 11.6 Å². The molecule has 4 nitrogen and oxygen atoms in total. The van der Waals surface area contributed by atoms with E-state index < -0.39 is 0 Å². The van der Waals surface area contributed by atoms with E-state index in [1.807, 2.05) is 36.4 Å².